The average Bonchev–Trinajstić information content (AvgIpc) is 2.87. The minimum atomic E-state index is 0.614. The molecule has 3 nitrogen and oxygen atoms in total. The lowest BCUT2D eigenvalue weighted by molar-refractivity contribution is 0.629. The van der Waals surface area contributed by atoms with Gasteiger partial charge in [0.05, 0.1) is 11.2 Å². The lowest BCUT2D eigenvalue weighted by Gasteiger charge is -2.31. The van der Waals surface area contributed by atoms with Crippen LogP contribution in [0, 0.1) is 0 Å². The molecule has 1 aliphatic heterocycles. The Bertz CT molecular complexity index is 623. The van der Waals surface area contributed by atoms with Crippen LogP contribution in [0.15, 0.2) is 30.3 Å². The predicted octanol–water partition coefficient (Wildman–Crippen LogP) is 3.72. The van der Waals surface area contributed by atoms with E-state index in [0.29, 0.717) is 12.1 Å². The number of hydrogen-bond acceptors (Lipinski definition) is 3. The van der Waals surface area contributed by atoms with Crippen molar-refractivity contribution in [3.8, 4) is 0 Å². The Morgan fingerprint density at radius 2 is 2.10 bits per heavy atom. The lowest BCUT2D eigenvalue weighted by atomic mass is 10.1. The molecule has 2 atom stereocenters. The SMILES string of the molecule is CCC1CCC(C)N1c1cc(CNC)nc2ccccc12. The first-order valence-electron chi connectivity index (χ1n) is 8.06. The predicted molar refractivity (Wildman–Crippen MR) is 89.8 cm³/mol. The Morgan fingerprint density at radius 1 is 1.29 bits per heavy atom. The van der Waals surface area contributed by atoms with E-state index >= 15 is 0 Å². The molecule has 112 valence electrons. The quantitative estimate of drug-likeness (QED) is 0.927. The van der Waals surface area contributed by atoms with Gasteiger partial charge in [0, 0.05) is 29.7 Å². The molecule has 21 heavy (non-hydrogen) atoms. The molecule has 2 aromatic rings. The number of anilines is 1. The molecule has 3 heteroatoms. The molecule has 1 aromatic heterocycles. The Balaban J connectivity index is 2.15. The van der Waals surface area contributed by atoms with Crippen molar-refractivity contribution in [2.24, 2.45) is 0 Å². The van der Waals surface area contributed by atoms with E-state index in [0.717, 1.165) is 17.8 Å². The van der Waals surface area contributed by atoms with Crippen LogP contribution in [0.25, 0.3) is 10.9 Å². The van der Waals surface area contributed by atoms with Gasteiger partial charge in [0.2, 0.25) is 0 Å². The van der Waals surface area contributed by atoms with Crippen molar-refractivity contribution in [2.75, 3.05) is 11.9 Å². The molecule has 0 amide bonds. The normalized spacial score (nSPS) is 22.1. The fraction of sp³-hybridized carbons (Fsp3) is 0.500. The number of fused-ring (bicyclic) bond motifs is 1. The zero-order chi connectivity index (χ0) is 14.8. The van der Waals surface area contributed by atoms with Gasteiger partial charge in [-0.05, 0) is 45.4 Å². The van der Waals surface area contributed by atoms with E-state index < -0.39 is 0 Å². The van der Waals surface area contributed by atoms with Crippen molar-refractivity contribution in [1.29, 1.82) is 0 Å². The molecule has 1 aromatic carbocycles. The molecule has 1 fully saturated rings. The van der Waals surface area contributed by atoms with Crippen molar-refractivity contribution in [3.63, 3.8) is 0 Å². The van der Waals surface area contributed by atoms with Crippen LogP contribution in [0.2, 0.25) is 0 Å². The zero-order valence-corrected chi connectivity index (χ0v) is 13.3. The topological polar surface area (TPSA) is 28.2 Å². The fourth-order valence-electron chi connectivity index (χ4n) is 3.60. The third-order valence-corrected chi connectivity index (χ3v) is 4.64. The summed E-state index contributed by atoms with van der Waals surface area (Å²) < 4.78 is 0. The smallest absolute Gasteiger partial charge is 0.0726 e. The summed E-state index contributed by atoms with van der Waals surface area (Å²) in [4.78, 5) is 7.41. The lowest BCUT2D eigenvalue weighted by Crippen LogP contribution is -2.34. The van der Waals surface area contributed by atoms with E-state index in [4.69, 9.17) is 4.98 Å². The summed E-state index contributed by atoms with van der Waals surface area (Å²) in [5.74, 6) is 0. The molecule has 1 aliphatic rings. The Hall–Kier alpha value is -1.61. The van der Waals surface area contributed by atoms with E-state index in [-0.39, 0.29) is 0 Å². The van der Waals surface area contributed by atoms with Gasteiger partial charge in [-0.15, -0.1) is 0 Å². The number of nitrogens with one attached hydrogen (secondary N) is 1. The van der Waals surface area contributed by atoms with Crippen molar-refractivity contribution < 1.29 is 0 Å². The first kappa shape index (κ1) is 14.3. The van der Waals surface area contributed by atoms with Crippen molar-refractivity contribution >= 4 is 16.6 Å². The van der Waals surface area contributed by atoms with E-state index in [1.54, 1.807) is 0 Å². The molecule has 2 heterocycles. The number of hydrogen-bond donors (Lipinski definition) is 1. The van der Waals surface area contributed by atoms with E-state index in [1.807, 2.05) is 7.05 Å². The zero-order valence-electron chi connectivity index (χ0n) is 13.3. The molecule has 0 saturated carbocycles. The summed E-state index contributed by atoms with van der Waals surface area (Å²) in [6, 6.07) is 12.1. The first-order chi connectivity index (χ1) is 10.2. The van der Waals surface area contributed by atoms with Crippen molar-refractivity contribution in [2.45, 2.75) is 51.7 Å². The molecular weight excluding hydrogens is 258 g/mol. The van der Waals surface area contributed by atoms with Gasteiger partial charge in [0.25, 0.3) is 0 Å². The average molecular weight is 283 g/mol. The minimum Gasteiger partial charge on any atom is -0.365 e. The second-order valence-electron chi connectivity index (χ2n) is 6.08. The van der Waals surface area contributed by atoms with Gasteiger partial charge in [0.15, 0.2) is 0 Å². The summed E-state index contributed by atoms with van der Waals surface area (Å²) in [6.45, 7) is 5.47. The molecule has 0 aliphatic carbocycles. The van der Waals surface area contributed by atoms with Crippen molar-refractivity contribution in [1.82, 2.24) is 10.3 Å². The van der Waals surface area contributed by atoms with Gasteiger partial charge in [-0.1, -0.05) is 25.1 Å². The summed E-state index contributed by atoms with van der Waals surface area (Å²) in [5, 5.41) is 4.50. The Kier molecular flexibility index (Phi) is 4.11. The second-order valence-corrected chi connectivity index (χ2v) is 6.08. The summed E-state index contributed by atoms with van der Waals surface area (Å²) >= 11 is 0. The van der Waals surface area contributed by atoms with Crippen molar-refractivity contribution in [3.05, 3.63) is 36.0 Å². The second kappa shape index (κ2) is 6.02. The number of benzene rings is 1. The van der Waals surface area contributed by atoms with E-state index in [1.165, 1.54) is 30.3 Å². The monoisotopic (exact) mass is 283 g/mol. The maximum atomic E-state index is 4.78. The third kappa shape index (κ3) is 2.62. The largest absolute Gasteiger partial charge is 0.365 e. The standard InChI is InChI=1S/C18H25N3/c1-4-15-10-9-13(2)21(15)18-11-14(12-19-3)20-17-8-6-5-7-16(17)18/h5-8,11,13,15,19H,4,9-10,12H2,1-3H3. The Labute approximate surface area is 127 Å². The van der Waals surface area contributed by atoms with Crippen LogP contribution in [0.3, 0.4) is 0 Å². The van der Waals surface area contributed by atoms with Gasteiger partial charge >= 0.3 is 0 Å². The Morgan fingerprint density at radius 3 is 2.86 bits per heavy atom. The number of nitrogens with zero attached hydrogens (tertiary/aromatic N) is 2. The highest BCUT2D eigenvalue weighted by atomic mass is 15.2. The summed E-state index contributed by atoms with van der Waals surface area (Å²) in [7, 11) is 1.98. The molecule has 3 rings (SSSR count). The van der Waals surface area contributed by atoms with Crippen LogP contribution < -0.4 is 10.2 Å². The maximum absolute atomic E-state index is 4.78. The number of rotatable bonds is 4. The van der Waals surface area contributed by atoms with Gasteiger partial charge in [-0.3, -0.25) is 4.98 Å². The highest BCUT2D eigenvalue weighted by molar-refractivity contribution is 5.92. The van der Waals surface area contributed by atoms with Crippen LogP contribution in [0.4, 0.5) is 5.69 Å². The minimum absolute atomic E-state index is 0.614. The van der Waals surface area contributed by atoms with Gasteiger partial charge in [-0.25, -0.2) is 0 Å². The molecule has 1 saturated heterocycles. The summed E-state index contributed by atoms with van der Waals surface area (Å²) in [5.41, 5.74) is 3.59. The van der Waals surface area contributed by atoms with Crippen LogP contribution in [-0.2, 0) is 6.54 Å². The molecule has 1 N–H and O–H groups in total. The highest BCUT2D eigenvalue weighted by Gasteiger charge is 2.30. The van der Waals surface area contributed by atoms with E-state index in [9.17, 15) is 0 Å². The van der Waals surface area contributed by atoms with Gasteiger partial charge < -0.3 is 10.2 Å². The van der Waals surface area contributed by atoms with Gasteiger partial charge in [-0.2, -0.15) is 0 Å². The van der Waals surface area contributed by atoms with Crippen LogP contribution in [0.1, 0.15) is 38.8 Å². The maximum Gasteiger partial charge on any atom is 0.0726 e. The third-order valence-electron chi connectivity index (χ3n) is 4.64. The number of aromatic nitrogens is 1. The van der Waals surface area contributed by atoms with Crippen LogP contribution in [0.5, 0.6) is 0 Å². The summed E-state index contributed by atoms with van der Waals surface area (Å²) in [6.07, 6.45) is 3.80. The molecule has 0 radical (unpaired) electrons. The molecule has 0 bridgehead atoms. The fourth-order valence-corrected chi connectivity index (χ4v) is 3.60. The van der Waals surface area contributed by atoms with Crippen LogP contribution in [-0.4, -0.2) is 24.1 Å². The number of pyridine rings is 1. The highest BCUT2D eigenvalue weighted by Crippen LogP contribution is 2.36. The first-order valence-corrected chi connectivity index (χ1v) is 8.06. The molecular formula is C18H25N3. The van der Waals surface area contributed by atoms with Gasteiger partial charge in [0.1, 0.15) is 0 Å². The van der Waals surface area contributed by atoms with E-state index in [2.05, 4.69) is 54.4 Å². The molecule has 0 spiro atoms. The molecule has 2 unspecified atom stereocenters. The van der Waals surface area contributed by atoms with Crippen LogP contribution >= 0.6 is 0 Å². The number of para-hydroxylation sites is 1.